The van der Waals surface area contributed by atoms with E-state index in [0.29, 0.717) is 59.2 Å². The van der Waals surface area contributed by atoms with Crippen LogP contribution in [0.5, 0.6) is 0 Å². The standard InChI is InChI=1S/C51H57F2N9O6S/c1-8-55-69(66,36-10-11-36)37-12-14-41(38(52)25-37)60-18-19-61(49(60)65)45(56-35-21-28(2)44(53)29(3)22-35)43-31(5)59(17-15-39(43)54)46(63)42-24-34-23-32(33-16-20-67-50(6,7)27-33)9-13-40(34)62(42)51(26-30(51)4)47-57-48(64)68-58-47/h9,12-14,18-19,21-25,30-31,33,36H,8,10-11,15-17,20,26-27,54H2,1-7H3,(H,57,58,64)/t30-,31-,33-,51-,69?/m0/s1. The molecule has 18 heteroatoms. The summed E-state index contributed by atoms with van der Waals surface area (Å²) in [4.78, 5) is 52.5. The highest BCUT2D eigenvalue weighted by Crippen LogP contribution is 2.56. The number of nitrogens with two attached hydrogens (primary N) is 1. The summed E-state index contributed by atoms with van der Waals surface area (Å²) in [6.45, 7) is 14.3. The molecule has 2 saturated carbocycles. The zero-order chi connectivity index (χ0) is 48.9. The third-order valence-corrected chi connectivity index (χ3v) is 17.5. The van der Waals surface area contributed by atoms with Crippen molar-refractivity contribution in [3.63, 3.8) is 0 Å². The molecule has 0 spiro atoms. The summed E-state index contributed by atoms with van der Waals surface area (Å²) in [5.41, 5.74) is 9.02. The van der Waals surface area contributed by atoms with Crippen LogP contribution in [0, 0.1) is 31.4 Å². The average Bonchev–Trinajstić information content (AvgIpc) is 4.13. The van der Waals surface area contributed by atoms with Crippen LogP contribution in [-0.4, -0.2) is 81.3 Å². The number of nitrogens with zero attached hydrogens (tertiary/aromatic N) is 7. The van der Waals surface area contributed by atoms with Crippen molar-refractivity contribution >= 4 is 38.1 Å². The zero-order valence-electron chi connectivity index (χ0n) is 39.8. The number of rotatable bonds is 10. The Balaban J connectivity index is 1.08. The second kappa shape index (κ2) is 16.9. The molecule has 3 N–H and O–H groups in total. The lowest BCUT2D eigenvalue weighted by atomic mass is 9.83. The summed E-state index contributed by atoms with van der Waals surface area (Å²) in [5, 5.41) is 4.86. The van der Waals surface area contributed by atoms with Crippen LogP contribution < -0.4 is 17.2 Å². The van der Waals surface area contributed by atoms with Gasteiger partial charge in [-0.1, -0.05) is 18.1 Å². The maximum Gasteiger partial charge on any atom is 0.438 e. The van der Waals surface area contributed by atoms with Crippen molar-refractivity contribution in [3.05, 3.63) is 139 Å². The van der Waals surface area contributed by atoms with Gasteiger partial charge in [-0.15, -0.1) is 0 Å². The quantitative estimate of drug-likeness (QED) is 0.101. The van der Waals surface area contributed by atoms with Crippen LogP contribution in [-0.2, 0) is 20.0 Å². The molecule has 5 atom stereocenters. The number of carbonyl (C=O) groups is 1. The van der Waals surface area contributed by atoms with Crippen molar-refractivity contribution in [2.24, 2.45) is 21.0 Å². The van der Waals surface area contributed by atoms with E-state index in [1.54, 1.807) is 43.9 Å². The fourth-order valence-corrected chi connectivity index (χ4v) is 13.2. The predicted octanol–water partition coefficient (Wildman–Crippen LogP) is 8.36. The predicted molar refractivity (Wildman–Crippen MR) is 259 cm³/mol. The lowest BCUT2D eigenvalue weighted by Crippen LogP contribution is -2.49. The number of fused-ring (bicyclic) bond motifs is 1. The van der Waals surface area contributed by atoms with Crippen LogP contribution in [0.2, 0.25) is 0 Å². The fourth-order valence-electron chi connectivity index (χ4n) is 10.8. The second-order valence-corrected chi connectivity index (χ2v) is 22.3. The summed E-state index contributed by atoms with van der Waals surface area (Å²) in [6.07, 6.45) is 6.84. The highest BCUT2D eigenvalue weighted by atomic mass is 32.2. The summed E-state index contributed by atoms with van der Waals surface area (Å²) in [5.74, 6) is -1.59. The van der Waals surface area contributed by atoms with Crippen molar-refractivity contribution in [2.75, 3.05) is 19.7 Å². The molecule has 2 aliphatic heterocycles. The molecule has 2 aliphatic carbocycles. The minimum atomic E-state index is -2.84. The number of nitrogens with one attached hydrogen (secondary N) is 1. The molecule has 1 amide bonds. The summed E-state index contributed by atoms with van der Waals surface area (Å²) < 4.78 is 65.0. The Kier molecular flexibility index (Phi) is 11.4. The van der Waals surface area contributed by atoms with Gasteiger partial charge in [0.15, 0.2) is 5.82 Å². The van der Waals surface area contributed by atoms with Crippen LogP contribution in [0.3, 0.4) is 0 Å². The van der Waals surface area contributed by atoms with Gasteiger partial charge in [-0.2, -0.15) is 0 Å². The van der Waals surface area contributed by atoms with Gasteiger partial charge in [-0.3, -0.25) is 23.4 Å². The third-order valence-electron chi connectivity index (χ3n) is 14.6. The Bertz CT molecular complexity index is 3380. The van der Waals surface area contributed by atoms with Gasteiger partial charge in [0.1, 0.15) is 28.7 Å². The maximum atomic E-state index is 16.2. The van der Waals surface area contributed by atoms with Gasteiger partial charge in [-0.05, 0) is 151 Å². The summed E-state index contributed by atoms with van der Waals surface area (Å²) >= 11 is 0. The number of ether oxygens (including phenoxy) is 1. The highest BCUT2D eigenvalue weighted by molar-refractivity contribution is 7.94. The molecule has 0 radical (unpaired) electrons. The number of carbonyl (C=O) groups excluding carboxylic acids is 1. The lowest BCUT2D eigenvalue weighted by molar-refractivity contribution is -0.0592. The SMILES string of the molecule is CCN=S(=O)(c1ccc(-n2ccn(C(=Nc3cc(C)c(F)c(C)c3)C3=C(N)CCN(C(=O)c4cc5cc([C@H]6CCOC(C)(C)C6)ccc5n4[C@@]4(c5noc(=O)[nH]5)C[C@@H]4C)[C@H]3C)c2=O)c(F)c1)C1CC1. The van der Waals surface area contributed by atoms with Crippen LogP contribution >= 0.6 is 0 Å². The van der Waals surface area contributed by atoms with E-state index in [2.05, 4.69) is 40.5 Å². The first kappa shape index (κ1) is 46.3. The van der Waals surface area contributed by atoms with E-state index in [0.717, 1.165) is 46.7 Å². The van der Waals surface area contributed by atoms with Crippen LogP contribution in [0.15, 0.2) is 107 Å². The number of benzene rings is 3. The number of hydrogen-bond donors (Lipinski definition) is 2. The molecule has 3 aromatic carbocycles. The molecule has 4 aliphatic rings. The van der Waals surface area contributed by atoms with Crippen molar-refractivity contribution in [1.29, 1.82) is 0 Å². The summed E-state index contributed by atoms with van der Waals surface area (Å²) in [6, 6.07) is 14.7. The Labute approximate surface area is 398 Å². The number of H-pyrrole nitrogens is 1. The van der Waals surface area contributed by atoms with E-state index < -0.39 is 44.4 Å². The van der Waals surface area contributed by atoms with E-state index in [1.807, 2.05) is 30.5 Å². The molecule has 3 fully saturated rings. The van der Waals surface area contributed by atoms with Gasteiger partial charge < -0.3 is 19.9 Å². The van der Waals surface area contributed by atoms with E-state index in [9.17, 15) is 13.8 Å². The number of aromatic amines is 1. The normalized spacial score (nSPS) is 23.6. The van der Waals surface area contributed by atoms with Crippen LogP contribution in [0.1, 0.15) is 112 Å². The van der Waals surface area contributed by atoms with Crippen LogP contribution in [0.25, 0.3) is 16.6 Å². The van der Waals surface area contributed by atoms with Crippen molar-refractivity contribution < 1.29 is 27.0 Å². The molecule has 362 valence electrons. The molecule has 3 aromatic heterocycles. The Morgan fingerprint density at radius 1 is 1.00 bits per heavy atom. The molecule has 15 nitrogen and oxygen atoms in total. The average molecular weight is 962 g/mol. The second-order valence-electron chi connectivity index (χ2n) is 19.8. The number of aromatic nitrogens is 5. The first-order valence-corrected chi connectivity index (χ1v) is 25.3. The van der Waals surface area contributed by atoms with Crippen molar-refractivity contribution in [1.82, 2.24) is 28.7 Å². The lowest BCUT2D eigenvalue weighted by Gasteiger charge is -2.37. The largest absolute Gasteiger partial charge is 0.438 e. The molecule has 1 unspecified atom stereocenters. The van der Waals surface area contributed by atoms with Gasteiger partial charge in [0.25, 0.3) is 5.91 Å². The van der Waals surface area contributed by atoms with Crippen molar-refractivity contribution in [3.8, 4) is 5.69 Å². The molecule has 5 heterocycles. The van der Waals surface area contributed by atoms with E-state index in [4.69, 9.17) is 20.0 Å². The minimum absolute atomic E-state index is 0.0341. The molecule has 1 saturated heterocycles. The fraction of sp³-hybridized carbons (Fsp3) is 0.431. The number of aliphatic imine (C=N–C) groups is 1. The third kappa shape index (κ3) is 7.88. The number of imidazole rings is 1. The monoisotopic (exact) mass is 961 g/mol. The Morgan fingerprint density at radius 3 is 2.38 bits per heavy atom. The topological polar surface area (TPSA) is 188 Å². The smallest absolute Gasteiger partial charge is 0.402 e. The minimum Gasteiger partial charge on any atom is -0.402 e. The number of hydrogen-bond acceptors (Lipinski definition) is 10. The van der Waals surface area contributed by atoms with E-state index in [1.165, 1.54) is 29.1 Å². The number of halogens is 2. The van der Waals surface area contributed by atoms with E-state index in [-0.39, 0.29) is 58.0 Å². The molecule has 0 bridgehead atoms. The van der Waals surface area contributed by atoms with E-state index >= 15 is 13.6 Å². The summed E-state index contributed by atoms with van der Waals surface area (Å²) in [7, 11) is -2.84. The molecule has 69 heavy (non-hydrogen) atoms. The van der Waals surface area contributed by atoms with Gasteiger partial charge in [0, 0.05) is 65.9 Å². The molecular formula is C51H57F2N9O6S. The van der Waals surface area contributed by atoms with Gasteiger partial charge in [0.2, 0.25) is 0 Å². The first-order valence-electron chi connectivity index (χ1n) is 23.7. The van der Waals surface area contributed by atoms with Crippen LogP contribution in [0.4, 0.5) is 14.5 Å². The zero-order valence-corrected chi connectivity index (χ0v) is 40.7. The first-order chi connectivity index (χ1) is 32.8. The maximum absolute atomic E-state index is 16.2. The Hall–Kier alpha value is -6.40. The molecular weight excluding hydrogens is 905 g/mol. The number of amides is 1. The van der Waals surface area contributed by atoms with Gasteiger partial charge in [-0.25, -0.2) is 31.9 Å². The number of aryl methyl sites for hydroxylation is 2. The highest BCUT2D eigenvalue weighted by Gasteiger charge is 2.59. The molecule has 6 aromatic rings. The molecule has 10 rings (SSSR count). The Morgan fingerprint density at radius 2 is 1.74 bits per heavy atom. The van der Waals surface area contributed by atoms with Gasteiger partial charge in [0.05, 0.1) is 37.6 Å². The van der Waals surface area contributed by atoms with Crippen molar-refractivity contribution in [2.45, 2.75) is 120 Å². The van der Waals surface area contributed by atoms with Gasteiger partial charge >= 0.3 is 11.4 Å².